The van der Waals surface area contributed by atoms with Gasteiger partial charge in [0.05, 0.1) is 12.6 Å². The number of para-hydroxylation sites is 1. The summed E-state index contributed by atoms with van der Waals surface area (Å²) >= 11 is 0. The quantitative estimate of drug-likeness (QED) is 0.290. The number of ether oxygens (including phenoxy) is 1. The van der Waals surface area contributed by atoms with Crippen molar-refractivity contribution in [3.63, 3.8) is 0 Å². The van der Waals surface area contributed by atoms with Crippen LogP contribution in [0.3, 0.4) is 0 Å². The van der Waals surface area contributed by atoms with Gasteiger partial charge in [0, 0.05) is 17.3 Å². The Bertz CT molecular complexity index is 1560. The van der Waals surface area contributed by atoms with E-state index in [-0.39, 0.29) is 35.8 Å². The zero-order valence-corrected chi connectivity index (χ0v) is 23.1. The number of ketones is 1. The first kappa shape index (κ1) is 27.8. The summed E-state index contributed by atoms with van der Waals surface area (Å²) in [6.07, 6.45) is 4.89. The minimum Gasteiger partial charge on any atom is -0.504 e. The molecule has 41 heavy (non-hydrogen) atoms. The van der Waals surface area contributed by atoms with Crippen molar-refractivity contribution < 1.29 is 24.2 Å². The number of hydrogen-bond acceptors (Lipinski definition) is 7. The van der Waals surface area contributed by atoms with Crippen LogP contribution in [0.1, 0.15) is 61.0 Å². The Morgan fingerprint density at radius 1 is 1.05 bits per heavy atom. The largest absolute Gasteiger partial charge is 0.504 e. The molecule has 0 aliphatic heterocycles. The maximum Gasteiger partial charge on any atom is 0.249 e. The number of aromatic nitrogens is 3. The number of hydrogen-bond donors (Lipinski definition) is 2. The highest BCUT2D eigenvalue weighted by atomic mass is 16.5. The van der Waals surface area contributed by atoms with Crippen molar-refractivity contribution in [1.29, 1.82) is 0 Å². The van der Waals surface area contributed by atoms with Crippen molar-refractivity contribution in [3.05, 3.63) is 77.9 Å². The first-order valence-corrected chi connectivity index (χ1v) is 13.7. The summed E-state index contributed by atoms with van der Waals surface area (Å²) < 4.78 is 6.72. The van der Waals surface area contributed by atoms with E-state index in [9.17, 15) is 19.5 Å². The number of aromatic hydroxyl groups is 1. The van der Waals surface area contributed by atoms with E-state index < -0.39 is 11.9 Å². The second-order valence-corrected chi connectivity index (χ2v) is 10.3. The number of amides is 2. The van der Waals surface area contributed by atoms with E-state index in [1.165, 1.54) is 29.7 Å². The highest BCUT2D eigenvalue weighted by Crippen LogP contribution is 2.35. The minimum atomic E-state index is -1.13. The van der Waals surface area contributed by atoms with Crippen LogP contribution in [0.4, 0.5) is 5.69 Å². The lowest BCUT2D eigenvalue weighted by atomic mass is 9.94. The van der Waals surface area contributed by atoms with Gasteiger partial charge in [-0.25, -0.2) is 4.68 Å². The molecule has 5 rings (SSSR count). The molecule has 1 unspecified atom stereocenters. The third-order valence-electron chi connectivity index (χ3n) is 7.50. The number of nitrogens with one attached hydrogen (secondary N) is 1. The lowest BCUT2D eigenvalue weighted by molar-refractivity contribution is -0.127. The van der Waals surface area contributed by atoms with Gasteiger partial charge in [0.25, 0.3) is 0 Å². The Morgan fingerprint density at radius 2 is 1.78 bits per heavy atom. The van der Waals surface area contributed by atoms with Gasteiger partial charge >= 0.3 is 0 Å². The van der Waals surface area contributed by atoms with Crippen molar-refractivity contribution >= 4 is 34.3 Å². The van der Waals surface area contributed by atoms with Gasteiger partial charge in [-0.2, -0.15) is 0 Å². The van der Waals surface area contributed by atoms with Crippen molar-refractivity contribution in [2.75, 3.05) is 12.0 Å². The summed E-state index contributed by atoms with van der Waals surface area (Å²) in [4.78, 5) is 41.7. The maximum absolute atomic E-state index is 14.2. The predicted octanol–water partition coefficient (Wildman–Crippen LogP) is 4.57. The molecule has 0 spiro atoms. The van der Waals surface area contributed by atoms with Gasteiger partial charge in [0.15, 0.2) is 17.3 Å². The number of phenolic OH excluding ortho intramolecular Hbond substituents is 1. The fraction of sp³-hybridized carbons (Fsp3) is 0.323. The Kier molecular flexibility index (Phi) is 8.28. The molecule has 1 aliphatic carbocycles. The van der Waals surface area contributed by atoms with Gasteiger partial charge < -0.3 is 15.2 Å². The summed E-state index contributed by atoms with van der Waals surface area (Å²) in [7, 11) is 1.44. The lowest BCUT2D eigenvalue weighted by Gasteiger charge is -2.33. The Balaban J connectivity index is 1.60. The topological polar surface area (TPSA) is 127 Å². The Morgan fingerprint density at radius 3 is 2.46 bits per heavy atom. The molecule has 1 atom stereocenters. The fourth-order valence-electron chi connectivity index (χ4n) is 5.35. The second kappa shape index (κ2) is 12.2. The molecule has 0 saturated heterocycles. The normalized spacial score (nSPS) is 14.4. The first-order chi connectivity index (χ1) is 19.9. The van der Waals surface area contributed by atoms with E-state index in [2.05, 4.69) is 15.6 Å². The fourth-order valence-corrected chi connectivity index (χ4v) is 5.35. The van der Waals surface area contributed by atoms with E-state index >= 15 is 0 Å². The number of rotatable bonds is 9. The van der Waals surface area contributed by atoms with Crippen molar-refractivity contribution in [3.8, 4) is 11.5 Å². The van der Waals surface area contributed by atoms with E-state index in [1.54, 1.807) is 36.4 Å². The lowest BCUT2D eigenvalue weighted by Crippen LogP contribution is -2.48. The number of phenols is 1. The molecule has 3 aromatic carbocycles. The minimum absolute atomic E-state index is 0.0121. The van der Waals surface area contributed by atoms with Crippen LogP contribution in [0.5, 0.6) is 11.5 Å². The van der Waals surface area contributed by atoms with Gasteiger partial charge in [0.2, 0.25) is 11.8 Å². The summed E-state index contributed by atoms with van der Waals surface area (Å²) in [5, 5.41) is 22.1. The van der Waals surface area contributed by atoms with E-state index in [0.717, 1.165) is 32.1 Å². The molecule has 2 N–H and O–H groups in total. The molecule has 1 aliphatic rings. The Labute approximate surface area is 237 Å². The number of methoxy groups -OCH3 is 1. The number of Topliss-reactive ketones (excluding diaryl/α,β-unsaturated/α-hetero) is 1. The number of benzene rings is 3. The molecule has 212 valence electrons. The van der Waals surface area contributed by atoms with Gasteiger partial charge in [-0.05, 0) is 73.9 Å². The molecule has 2 amide bonds. The molecule has 1 aromatic heterocycles. The van der Waals surface area contributed by atoms with Crippen LogP contribution in [0.2, 0.25) is 0 Å². The summed E-state index contributed by atoms with van der Waals surface area (Å²) in [6.45, 7) is 1.28. The number of carbonyl (C=O) groups excluding carboxylic acids is 3. The molecular weight excluding hydrogens is 522 g/mol. The van der Waals surface area contributed by atoms with Crippen LogP contribution in [-0.2, 0) is 16.1 Å². The first-order valence-electron chi connectivity index (χ1n) is 13.7. The van der Waals surface area contributed by atoms with Gasteiger partial charge in [-0.15, -0.1) is 5.10 Å². The second-order valence-electron chi connectivity index (χ2n) is 10.3. The van der Waals surface area contributed by atoms with Crippen LogP contribution in [0.25, 0.3) is 11.0 Å². The van der Waals surface area contributed by atoms with Crippen LogP contribution in [-0.4, -0.2) is 50.8 Å². The zero-order valence-electron chi connectivity index (χ0n) is 23.1. The summed E-state index contributed by atoms with van der Waals surface area (Å²) in [5.41, 5.74) is 2.63. The monoisotopic (exact) mass is 555 g/mol. The van der Waals surface area contributed by atoms with E-state index in [1.807, 2.05) is 24.3 Å². The predicted molar refractivity (Wildman–Crippen MR) is 154 cm³/mol. The van der Waals surface area contributed by atoms with Gasteiger partial charge in [-0.3, -0.25) is 19.3 Å². The average molecular weight is 556 g/mol. The number of anilines is 1. The number of fused-ring (bicyclic) bond motifs is 1. The standard InChI is InChI=1S/C31H33N5O5/c1-20(37)21-12-15-24(16-13-21)36(29(39)19-35-26-11-7-6-10-25(26)33-34-35)30(22-14-17-28(41-2)27(38)18-22)31(40)32-23-8-4-3-5-9-23/h6-7,10-18,23,30,38H,3-5,8-9,19H2,1-2H3,(H,32,40). The zero-order chi connectivity index (χ0) is 28.9. The molecule has 1 heterocycles. The van der Waals surface area contributed by atoms with Crippen molar-refractivity contribution in [1.82, 2.24) is 20.3 Å². The molecule has 10 nitrogen and oxygen atoms in total. The number of nitrogens with zero attached hydrogens (tertiary/aromatic N) is 4. The van der Waals surface area contributed by atoms with Gasteiger partial charge in [0.1, 0.15) is 18.1 Å². The Hall–Kier alpha value is -4.73. The van der Waals surface area contributed by atoms with Gasteiger partial charge in [-0.1, -0.05) is 42.7 Å². The summed E-state index contributed by atoms with van der Waals surface area (Å²) in [5.74, 6) is -0.806. The SMILES string of the molecule is COc1ccc(C(C(=O)NC2CCCCC2)N(C(=O)Cn2nnc3ccccc32)c2ccc(C(C)=O)cc2)cc1O. The van der Waals surface area contributed by atoms with Crippen LogP contribution in [0, 0.1) is 0 Å². The molecule has 4 aromatic rings. The third-order valence-corrected chi connectivity index (χ3v) is 7.50. The molecule has 0 radical (unpaired) electrons. The van der Waals surface area contributed by atoms with Crippen LogP contribution < -0.4 is 15.0 Å². The smallest absolute Gasteiger partial charge is 0.249 e. The highest BCUT2D eigenvalue weighted by Gasteiger charge is 2.35. The summed E-state index contributed by atoms with van der Waals surface area (Å²) in [6, 6.07) is 17.4. The van der Waals surface area contributed by atoms with Crippen molar-refractivity contribution in [2.24, 2.45) is 0 Å². The van der Waals surface area contributed by atoms with E-state index in [0.29, 0.717) is 27.8 Å². The van der Waals surface area contributed by atoms with Crippen LogP contribution >= 0.6 is 0 Å². The highest BCUT2D eigenvalue weighted by molar-refractivity contribution is 6.02. The molecular formula is C31H33N5O5. The average Bonchev–Trinajstić information content (AvgIpc) is 3.38. The van der Waals surface area contributed by atoms with E-state index in [4.69, 9.17) is 4.74 Å². The molecule has 1 fully saturated rings. The maximum atomic E-state index is 14.2. The molecule has 10 heteroatoms. The molecule has 1 saturated carbocycles. The number of carbonyl (C=O) groups is 3. The van der Waals surface area contributed by atoms with Crippen LogP contribution in [0.15, 0.2) is 66.7 Å². The third kappa shape index (κ3) is 6.06. The molecule has 0 bridgehead atoms. The van der Waals surface area contributed by atoms with Crippen molar-refractivity contribution in [2.45, 2.75) is 57.7 Å².